The molecule has 0 fully saturated rings. The third-order valence-corrected chi connectivity index (χ3v) is 4.48. The van der Waals surface area contributed by atoms with Gasteiger partial charge in [0.1, 0.15) is 0 Å². The lowest BCUT2D eigenvalue weighted by Crippen LogP contribution is -2.32. The van der Waals surface area contributed by atoms with Crippen molar-refractivity contribution in [3.63, 3.8) is 0 Å². The van der Waals surface area contributed by atoms with Gasteiger partial charge in [-0.15, -0.1) is 0 Å². The van der Waals surface area contributed by atoms with Crippen molar-refractivity contribution in [3.8, 4) is 0 Å². The summed E-state index contributed by atoms with van der Waals surface area (Å²) >= 11 is 1.49. The number of benzene rings is 1. The Morgan fingerprint density at radius 1 is 1.32 bits per heavy atom. The van der Waals surface area contributed by atoms with E-state index in [1.807, 2.05) is 22.7 Å². The summed E-state index contributed by atoms with van der Waals surface area (Å²) in [6.45, 7) is 5.63. The number of nitrogens with zero attached hydrogens (tertiary/aromatic N) is 3. The molecule has 1 amide bonds. The van der Waals surface area contributed by atoms with Gasteiger partial charge in [0.15, 0.2) is 5.16 Å². The van der Waals surface area contributed by atoms with Crippen molar-refractivity contribution >= 4 is 17.7 Å². The minimum atomic E-state index is 0.162. The molecule has 2 aromatic rings. The Kier molecular flexibility index (Phi) is 6.07. The average molecular weight is 317 g/mol. The summed E-state index contributed by atoms with van der Waals surface area (Å²) in [5.41, 5.74) is 2.41. The summed E-state index contributed by atoms with van der Waals surface area (Å²) in [4.78, 5) is 18.7. The molecule has 0 aliphatic carbocycles. The van der Waals surface area contributed by atoms with E-state index >= 15 is 0 Å². The first-order valence-corrected chi connectivity index (χ1v) is 8.52. The molecule has 4 nitrogen and oxygen atoms in total. The predicted octanol–water partition coefficient (Wildman–Crippen LogP) is 3.26. The maximum atomic E-state index is 12.5. The van der Waals surface area contributed by atoms with Gasteiger partial charge in [-0.1, -0.05) is 48.5 Å². The first-order valence-electron chi connectivity index (χ1n) is 7.53. The Labute approximate surface area is 136 Å². The van der Waals surface area contributed by atoms with E-state index in [2.05, 4.69) is 43.1 Å². The highest BCUT2D eigenvalue weighted by molar-refractivity contribution is 7.99. The second-order valence-corrected chi connectivity index (χ2v) is 6.35. The molecule has 0 aliphatic rings. The monoisotopic (exact) mass is 317 g/mol. The van der Waals surface area contributed by atoms with Gasteiger partial charge < -0.3 is 9.47 Å². The molecule has 0 radical (unpaired) electrons. The van der Waals surface area contributed by atoms with Gasteiger partial charge in [-0.3, -0.25) is 4.79 Å². The van der Waals surface area contributed by atoms with E-state index < -0.39 is 0 Å². The van der Waals surface area contributed by atoms with Gasteiger partial charge in [-0.05, 0) is 18.9 Å². The van der Waals surface area contributed by atoms with Crippen LogP contribution >= 0.6 is 11.8 Å². The summed E-state index contributed by atoms with van der Waals surface area (Å²) in [5.74, 6) is 0.590. The molecule has 1 aromatic heterocycles. The van der Waals surface area contributed by atoms with Crippen molar-refractivity contribution in [2.45, 2.75) is 32.0 Å². The first-order chi connectivity index (χ1) is 10.6. The molecule has 0 spiro atoms. The van der Waals surface area contributed by atoms with Crippen molar-refractivity contribution in [2.75, 3.05) is 12.3 Å². The zero-order valence-electron chi connectivity index (χ0n) is 13.5. The van der Waals surface area contributed by atoms with Crippen LogP contribution in [0, 0.1) is 6.92 Å². The van der Waals surface area contributed by atoms with Crippen LogP contribution in [0.4, 0.5) is 0 Å². The van der Waals surface area contributed by atoms with Crippen LogP contribution in [0.3, 0.4) is 0 Å². The zero-order valence-corrected chi connectivity index (χ0v) is 14.3. The van der Waals surface area contributed by atoms with Crippen molar-refractivity contribution in [1.29, 1.82) is 0 Å². The van der Waals surface area contributed by atoms with Crippen LogP contribution in [0.25, 0.3) is 0 Å². The highest BCUT2D eigenvalue weighted by Crippen LogP contribution is 2.16. The second kappa shape index (κ2) is 8.03. The lowest BCUT2D eigenvalue weighted by Gasteiger charge is -2.22. The Balaban J connectivity index is 1.95. The van der Waals surface area contributed by atoms with Gasteiger partial charge in [-0.25, -0.2) is 4.98 Å². The van der Waals surface area contributed by atoms with Crippen LogP contribution in [-0.4, -0.2) is 32.7 Å². The van der Waals surface area contributed by atoms with Crippen LogP contribution in [0.2, 0.25) is 0 Å². The molecule has 0 atom stereocenters. The highest BCUT2D eigenvalue weighted by Gasteiger charge is 2.14. The van der Waals surface area contributed by atoms with Crippen LogP contribution in [0.1, 0.15) is 24.5 Å². The largest absolute Gasteiger partial charge is 0.338 e. The maximum Gasteiger partial charge on any atom is 0.233 e. The molecule has 22 heavy (non-hydrogen) atoms. The Morgan fingerprint density at radius 2 is 2.05 bits per heavy atom. The van der Waals surface area contributed by atoms with E-state index in [1.165, 1.54) is 22.9 Å². The van der Waals surface area contributed by atoms with Gasteiger partial charge in [0, 0.05) is 32.5 Å². The van der Waals surface area contributed by atoms with Gasteiger partial charge in [0.25, 0.3) is 0 Å². The van der Waals surface area contributed by atoms with Gasteiger partial charge in [0.2, 0.25) is 5.91 Å². The molecule has 1 heterocycles. The Morgan fingerprint density at radius 3 is 2.64 bits per heavy atom. The fourth-order valence-corrected chi connectivity index (χ4v) is 3.02. The number of rotatable bonds is 7. The minimum Gasteiger partial charge on any atom is -0.338 e. The Bertz CT molecular complexity index is 607. The first kappa shape index (κ1) is 16.6. The normalized spacial score (nSPS) is 10.7. The number of imidazole rings is 1. The fourth-order valence-electron chi connectivity index (χ4n) is 2.18. The number of thioether (sulfide) groups is 1. The summed E-state index contributed by atoms with van der Waals surface area (Å²) in [7, 11) is 1.94. The highest BCUT2D eigenvalue weighted by atomic mass is 32.2. The van der Waals surface area contributed by atoms with Crippen molar-refractivity contribution in [1.82, 2.24) is 14.5 Å². The number of aromatic nitrogens is 2. The fraction of sp³-hybridized carbons (Fsp3) is 0.412. The zero-order chi connectivity index (χ0) is 15.9. The molecule has 0 saturated carbocycles. The summed E-state index contributed by atoms with van der Waals surface area (Å²) in [6.07, 6.45) is 4.61. The predicted molar refractivity (Wildman–Crippen MR) is 90.8 cm³/mol. The third-order valence-electron chi connectivity index (χ3n) is 3.44. The SMILES string of the molecule is CCCN(Cc1ccc(C)cc1)C(=O)CSc1nccn1C. The van der Waals surface area contributed by atoms with E-state index in [0.717, 1.165) is 18.1 Å². The molecule has 2 rings (SSSR count). The molecule has 118 valence electrons. The standard InChI is InChI=1S/C17H23N3OS/c1-4-10-20(12-15-7-5-14(2)6-8-15)16(21)13-22-17-18-9-11-19(17)3/h5-9,11H,4,10,12-13H2,1-3H3. The van der Waals surface area contributed by atoms with E-state index in [0.29, 0.717) is 12.3 Å². The molecule has 0 saturated heterocycles. The molecule has 0 aliphatic heterocycles. The third kappa shape index (κ3) is 4.63. The molecule has 0 bridgehead atoms. The van der Waals surface area contributed by atoms with E-state index in [9.17, 15) is 4.79 Å². The smallest absolute Gasteiger partial charge is 0.233 e. The van der Waals surface area contributed by atoms with Crippen LogP contribution < -0.4 is 0 Å². The molecular formula is C17H23N3OS. The van der Waals surface area contributed by atoms with Crippen LogP contribution in [-0.2, 0) is 18.4 Å². The lowest BCUT2D eigenvalue weighted by molar-refractivity contribution is -0.129. The summed E-state index contributed by atoms with van der Waals surface area (Å²) < 4.78 is 1.93. The van der Waals surface area contributed by atoms with E-state index in [1.54, 1.807) is 6.20 Å². The molecule has 1 aromatic carbocycles. The van der Waals surface area contributed by atoms with Crippen LogP contribution in [0.5, 0.6) is 0 Å². The van der Waals surface area contributed by atoms with Crippen molar-refractivity contribution in [3.05, 3.63) is 47.8 Å². The maximum absolute atomic E-state index is 12.5. The van der Waals surface area contributed by atoms with Crippen molar-refractivity contribution < 1.29 is 4.79 Å². The molecule has 5 heteroatoms. The molecule has 0 unspecified atom stereocenters. The number of amides is 1. The molecule has 0 N–H and O–H groups in total. The quantitative estimate of drug-likeness (QED) is 0.736. The number of hydrogen-bond acceptors (Lipinski definition) is 3. The van der Waals surface area contributed by atoms with E-state index in [-0.39, 0.29) is 5.91 Å². The molecular weight excluding hydrogens is 294 g/mol. The van der Waals surface area contributed by atoms with Gasteiger partial charge >= 0.3 is 0 Å². The number of carbonyl (C=O) groups excluding carboxylic acids is 1. The minimum absolute atomic E-state index is 0.162. The number of carbonyl (C=O) groups is 1. The summed E-state index contributed by atoms with van der Waals surface area (Å²) in [5, 5.41) is 0.875. The summed E-state index contributed by atoms with van der Waals surface area (Å²) in [6, 6.07) is 8.37. The van der Waals surface area contributed by atoms with Crippen molar-refractivity contribution in [2.24, 2.45) is 7.05 Å². The second-order valence-electron chi connectivity index (χ2n) is 5.41. The number of hydrogen-bond donors (Lipinski definition) is 0. The van der Waals surface area contributed by atoms with Crippen LogP contribution in [0.15, 0.2) is 41.8 Å². The van der Waals surface area contributed by atoms with E-state index in [4.69, 9.17) is 0 Å². The number of aryl methyl sites for hydroxylation is 2. The topological polar surface area (TPSA) is 38.1 Å². The average Bonchev–Trinajstić information content (AvgIpc) is 2.92. The lowest BCUT2D eigenvalue weighted by atomic mass is 10.1. The van der Waals surface area contributed by atoms with Gasteiger partial charge in [0.05, 0.1) is 5.75 Å². The van der Waals surface area contributed by atoms with Gasteiger partial charge in [-0.2, -0.15) is 0 Å². The Hall–Kier alpha value is -1.75.